The summed E-state index contributed by atoms with van der Waals surface area (Å²) < 4.78 is 55.1. The van der Waals surface area contributed by atoms with E-state index in [-0.39, 0.29) is 13.0 Å². The summed E-state index contributed by atoms with van der Waals surface area (Å²) in [6.45, 7) is -0.187. The van der Waals surface area contributed by atoms with E-state index in [4.69, 9.17) is 0 Å². The maximum atomic E-state index is 12.9. The molecule has 1 aromatic rings. The zero-order valence-electron chi connectivity index (χ0n) is 9.44. The average molecular weight is 279 g/mol. The lowest BCUT2D eigenvalue weighted by molar-refractivity contribution is -0.140. The van der Waals surface area contributed by atoms with E-state index in [0.29, 0.717) is 12.1 Å². The number of halogens is 2. The largest absolute Gasteiger partial charge is 0.469 e. The highest BCUT2D eigenvalue weighted by Gasteiger charge is 2.16. The highest BCUT2D eigenvalue weighted by molar-refractivity contribution is 7.89. The number of hydrogen-bond donors (Lipinski definition) is 1. The molecule has 0 aliphatic rings. The second-order valence-electron chi connectivity index (χ2n) is 3.30. The topological polar surface area (TPSA) is 72.5 Å². The summed E-state index contributed by atoms with van der Waals surface area (Å²) in [5, 5.41) is 0. The normalized spacial score (nSPS) is 11.3. The molecule has 0 atom stereocenters. The van der Waals surface area contributed by atoms with Crippen molar-refractivity contribution in [3.05, 3.63) is 29.8 Å². The number of carbonyl (C=O) groups is 1. The molecule has 0 aliphatic carbocycles. The summed E-state index contributed by atoms with van der Waals surface area (Å²) in [7, 11) is -2.80. The summed E-state index contributed by atoms with van der Waals surface area (Å²) in [5.41, 5.74) is 0. The number of sulfonamides is 1. The van der Waals surface area contributed by atoms with Gasteiger partial charge >= 0.3 is 5.97 Å². The van der Waals surface area contributed by atoms with E-state index >= 15 is 0 Å². The van der Waals surface area contributed by atoms with Crippen molar-refractivity contribution < 1.29 is 26.7 Å². The lowest BCUT2D eigenvalue weighted by atomic mass is 10.3. The molecule has 5 nitrogen and oxygen atoms in total. The Morgan fingerprint density at radius 2 is 2.00 bits per heavy atom. The third-order valence-electron chi connectivity index (χ3n) is 2.05. The molecule has 0 saturated heterocycles. The van der Waals surface area contributed by atoms with Crippen LogP contribution in [-0.4, -0.2) is 28.0 Å². The van der Waals surface area contributed by atoms with Crippen LogP contribution in [0.5, 0.6) is 0 Å². The van der Waals surface area contributed by atoms with E-state index in [1.807, 2.05) is 0 Å². The van der Waals surface area contributed by atoms with Gasteiger partial charge in [0.05, 0.1) is 18.4 Å². The van der Waals surface area contributed by atoms with Gasteiger partial charge in [-0.3, -0.25) is 4.79 Å². The highest BCUT2D eigenvalue weighted by Crippen LogP contribution is 2.13. The van der Waals surface area contributed by atoms with E-state index in [2.05, 4.69) is 9.46 Å². The van der Waals surface area contributed by atoms with Gasteiger partial charge in [0.15, 0.2) is 11.6 Å². The van der Waals surface area contributed by atoms with Gasteiger partial charge in [-0.25, -0.2) is 21.9 Å². The van der Waals surface area contributed by atoms with Gasteiger partial charge in [0.25, 0.3) is 0 Å². The Labute approximate surface area is 103 Å². The van der Waals surface area contributed by atoms with Gasteiger partial charge in [-0.1, -0.05) is 0 Å². The molecule has 100 valence electrons. The van der Waals surface area contributed by atoms with Gasteiger partial charge in [-0.05, 0) is 18.2 Å². The number of rotatable bonds is 5. The van der Waals surface area contributed by atoms with Crippen LogP contribution in [0.2, 0.25) is 0 Å². The third kappa shape index (κ3) is 3.74. The Kier molecular flexibility index (Phi) is 4.74. The molecule has 0 saturated carbocycles. The molecule has 1 rings (SSSR count). The lowest BCUT2D eigenvalue weighted by Gasteiger charge is -2.06. The van der Waals surface area contributed by atoms with Crippen molar-refractivity contribution >= 4 is 16.0 Å². The molecule has 0 bridgehead atoms. The fraction of sp³-hybridized carbons (Fsp3) is 0.300. The van der Waals surface area contributed by atoms with Crippen LogP contribution in [0, 0.1) is 11.6 Å². The van der Waals surface area contributed by atoms with Crippen LogP contribution in [-0.2, 0) is 19.6 Å². The van der Waals surface area contributed by atoms with Gasteiger partial charge in [-0.15, -0.1) is 0 Å². The quantitative estimate of drug-likeness (QED) is 0.809. The minimum absolute atomic E-state index is 0.153. The van der Waals surface area contributed by atoms with Crippen molar-refractivity contribution in [2.75, 3.05) is 13.7 Å². The monoisotopic (exact) mass is 279 g/mol. The number of hydrogen-bond acceptors (Lipinski definition) is 4. The van der Waals surface area contributed by atoms with Gasteiger partial charge in [0.2, 0.25) is 10.0 Å². The standard InChI is InChI=1S/C10H11F2NO4S/c1-17-10(14)4-5-13-18(15,16)7-2-3-8(11)9(12)6-7/h2-3,6,13H,4-5H2,1H3. The fourth-order valence-corrected chi connectivity index (χ4v) is 2.16. The van der Waals surface area contributed by atoms with Crippen LogP contribution in [0.1, 0.15) is 6.42 Å². The van der Waals surface area contributed by atoms with Gasteiger partial charge in [-0.2, -0.15) is 0 Å². The Morgan fingerprint density at radius 1 is 1.33 bits per heavy atom. The molecule has 0 fully saturated rings. The van der Waals surface area contributed by atoms with Gasteiger partial charge in [0.1, 0.15) is 0 Å². The van der Waals surface area contributed by atoms with Crippen LogP contribution >= 0.6 is 0 Å². The molecular weight excluding hydrogens is 268 g/mol. The smallest absolute Gasteiger partial charge is 0.306 e. The summed E-state index contributed by atoms with van der Waals surface area (Å²) >= 11 is 0. The summed E-state index contributed by atoms with van der Waals surface area (Å²) in [6, 6.07) is 2.21. The summed E-state index contributed by atoms with van der Waals surface area (Å²) in [6.07, 6.45) is -0.153. The predicted molar refractivity (Wildman–Crippen MR) is 58.2 cm³/mol. The SMILES string of the molecule is COC(=O)CCNS(=O)(=O)c1ccc(F)c(F)c1. The van der Waals surface area contributed by atoms with Crippen LogP contribution in [0.3, 0.4) is 0 Å². The van der Waals surface area contributed by atoms with Gasteiger partial charge in [0, 0.05) is 6.54 Å². The predicted octanol–water partition coefficient (Wildman–Crippen LogP) is 0.806. The number of esters is 1. The Bertz CT molecular complexity index is 545. The van der Waals surface area contributed by atoms with Crippen molar-refractivity contribution in [1.29, 1.82) is 0 Å². The number of benzene rings is 1. The molecule has 0 amide bonds. The Balaban J connectivity index is 2.74. The van der Waals surface area contributed by atoms with E-state index in [0.717, 1.165) is 6.07 Å². The maximum Gasteiger partial charge on any atom is 0.306 e. The number of ether oxygens (including phenoxy) is 1. The van der Waals surface area contributed by atoms with Crippen LogP contribution in [0.4, 0.5) is 8.78 Å². The second-order valence-corrected chi connectivity index (χ2v) is 5.07. The minimum atomic E-state index is -3.97. The van der Waals surface area contributed by atoms with Crippen LogP contribution < -0.4 is 4.72 Å². The first-order chi connectivity index (χ1) is 8.36. The van der Waals surface area contributed by atoms with Gasteiger partial charge < -0.3 is 4.74 Å². The first-order valence-electron chi connectivity index (χ1n) is 4.88. The maximum absolute atomic E-state index is 12.9. The average Bonchev–Trinajstić information content (AvgIpc) is 2.32. The number of methoxy groups -OCH3 is 1. The molecule has 1 N–H and O–H groups in total. The van der Waals surface area contributed by atoms with E-state index in [9.17, 15) is 22.0 Å². The van der Waals surface area contributed by atoms with E-state index in [1.165, 1.54) is 7.11 Å². The molecular formula is C10H11F2NO4S. The summed E-state index contributed by atoms with van der Waals surface area (Å²) in [4.78, 5) is 10.4. The fourth-order valence-electron chi connectivity index (χ4n) is 1.12. The molecule has 0 spiro atoms. The zero-order valence-corrected chi connectivity index (χ0v) is 10.3. The highest BCUT2D eigenvalue weighted by atomic mass is 32.2. The summed E-state index contributed by atoms with van der Waals surface area (Å²) in [5.74, 6) is -2.97. The molecule has 0 aromatic heterocycles. The molecule has 1 aromatic carbocycles. The van der Waals surface area contributed by atoms with E-state index < -0.39 is 32.5 Å². The minimum Gasteiger partial charge on any atom is -0.469 e. The Hall–Kier alpha value is -1.54. The number of nitrogens with one attached hydrogen (secondary N) is 1. The van der Waals surface area contributed by atoms with Crippen molar-refractivity contribution in [2.45, 2.75) is 11.3 Å². The molecule has 0 radical (unpaired) electrons. The molecule has 18 heavy (non-hydrogen) atoms. The van der Waals surface area contributed by atoms with Crippen molar-refractivity contribution in [3.63, 3.8) is 0 Å². The molecule has 8 heteroatoms. The van der Waals surface area contributed by atoms with Crippen molar-refractivity contribution in [3.8, 4) is 0 Å². The zero-order chi connectivity index (χ0) is 13.8. The Morgan fingerprint density at radius 3 is 2.56 bits per heavy atom. The van der Waals surface area contributed by atoms with Crippen LogP contribution in [0.15, 0.2) is 23.1 Å². The first-order valence-corrected chi connectivity index (χ1v) is 6.36. The number of carbonyl (C=O) groups excluding carboxylic acids is 1. The van der Waals surface area contributed by atoms with Crippen molar-refractivity contribution in [2.24, 2.45) is 0 Å². The molecule has 0 heterocycles. The first kappa shape index (κ1) is 14.5. The van der Waals surface area contributed by atoms with E-state index in [1.54, 1.807) is 0 Å². The van der Waals surface area contributed by atoms with Crippen molar-refractivity contribution in [1.82, 2.24) is 4.72 Å². The molecule has 0 unspecified atom stereocenters. The second kappa shape index (κ2) is 5.87. The molecule has 0 aliphatic heterocycles. The van der Waals surface area contributed by atoms with Crippen LogP contribution in [0.25, 0.3) is 0 Å². The third-order valence-corrected chi connectivity index (χ3v) is 3.51. The lowest BCUT2D eigenvalue weighted by Crippen LogP contribution is -2.26.